The highest BCUT2D eigenvalue weighted by molar-refractivity contribution is 9.10. The molecular weight excluding hydrogens is 302 g/mol. The minimum atomic E-state index is 0.147. The monoisotopic (exact) mass is 327 g/mol. The van der Waals surface area contributed by atoms with E-state index >= 15 is 0 Å². The van der Waals surface area contributed by atoms with Crippen LogP contribution in [0, 0.1) is 0 Å². The van der Waals surface area contributed by atoms with Crippen LogP contribution in [0.5, 0.6) is 0 Å². The van der Waals surface area contributed by atoms with Crippen LogP contribution >= 0.6 is 15.9 Å². The standard InChI is InChI=1S/C16H26BrNO/c1-3-4-5-6-7-11-19-16(13-18-2)14-9-8-10-15(17)12-14/h8-10,12,16,18H,3-7,11,13H2,1-2H3. The Morgan fingerprint density at radius 3 is 2.68 bits per heavy atom. The van der Waals surface area contributed by atoms with Gasteiger partial charge in [0, 0.05) is 17.6 Å². The minimum Gasteiger partial charge on any atom is -0.372 e. The SMILES string of the molecule is CCCCCCCOC(CNC)c1cccc(Br)c1. The highest BCUT2D eigenvalue weighted by Crippen LogP contribution is 2.21. The molecule has 0 heterocycles. The molecule has 1 aromatic carbocycles. The van der Waals surface area contributed by atoms with Crippen molar-refractivity contribution in [2.75, 3.05) is 20.2 Å². The number of ether oxygens (including phenoxy) is 1. The zero-order valence-electron chi connectivity index (χ0n) is 12.1. The summed E-state index contributed by atoms with van der Waals surface area (Å²) in [7, 11) is 1.97. The van der Waals surface area contributed by atoms with Gasteiger partial charge in [-0.3, -0.25) is 0 Å². The summed E-state index contributed by atoms with van der Waals surface area (Å²) in [4.78, 5) is 0. The Hall–Kier alpha value is -0.380. The van der Waals surface area contributed by atoms with E-state index in [0.717, 1.165) is 24.0 Å². The van der Waals surface area contributed by atoms with Crippen LogP contribution < -0.4 is 5.32 Å². The molecule has 1 unspecified atom stereocenters. The molecule has 2 nitrogen and oxygen atoms in total. The third kappa shape index (κ3) is 7.09. The van der Waals surface area contributed by atoms with Crippen molar-refractivity contribution in [3.8, 4) is 0 Å². The van der Waals surface area contributed by atoms with Crippen molar-refractivity contribution in [3.63, 3.8) is 0 Å². The smallest absolute Gasteiger partial charge is 0.0949 e. The number of rotatable bonds is 10. The number of hydrogen-bond donors (Lipinski definition) is 1. The van der Waals surface area contributed by atoms with Crippen LogP contribution in [0.15, 0.2) is 28.7 Å². The van der Waals surface area contributed by atoms with Crippen LogP contribution in [-0.2, 0) is 4.74 Å². The van der Waals surface area contributed by atoms with E-state index in [1.54, 1.807) is 0 Å². The molecule has 1 N–H and O–H groups in total. The maximum Gasteiger partial charge on any atom is 0.0949 e. The average Bonchev–Trinajstić information content (AvgIpc) is 2.41. The Kier molecular flexibility index (Phi) is 9.14. The quantitative estimate of drug-likeness (QED) is 0.629. The van der Waals surface area contributed by atoms with Gasteiger partial charge in [-0.2, -0.15) is 0 Å². The van der Waals surface area contributed by atoms with Gasteiger partial charge in [0.1, 0.15) is 0 Å². The third-order valence-corrected chi connectivity index (χ3v) is 3.67. The van der Waals surface area contributed by atoms with E-state index in [9.17, 15) is 0 Å². The molecule has 0 bridgehead atoms. The van der Waals surface area contributed by atoms with Gasteiger partial charge in [0.05, 0.1) is 6.10 Å². The molecule has 1 rings (SSSR count). The molecule has 0 radical (unpaired) electrons. The molecule has 3 heteroatoms. The maximum absolute atomic E-state index is 6.02. The molecule has 19 heavy (non-hydrogen) atoms. The summed E-state index contributed by atoms with van der Waals surface area (Å²) in [5, 5.41) is 3.21. The van der Waals surface area contributed by atoms with E-state index in [0.29, 0.717) is 0 Å². The lowest BCUT2D eigenvalue weighted by atomic mass is 10.1. The van der Waals surface area contributed by atoms with Crippen LogP contribution in [0.25, 0.3) is 0 Å². The predicted octanol–water partition coefficient (Wildman–Crippen LogP) is 4.70. The summed E-state index contributed by atoms with van der Waals surface area (Å²) in [6.07, 6.45) is 6.54. The van der Waals surface area contributed by atoms with Gasteiger partial charge in [-0.25, -0.2) is 0 Å². The van der Waals surface area contributed by atoms with Crippen LogP contribution in [0.1, 0.15) is 50.7 Å². The van der Waals surface area contributed by atoms with Crippen molar-refractivity contribution in [3.05, 3.63) is 34.3 Å². The zero-order chi connectivity index (χ0) is 13.9. The van der Waals surface area contributed by atoms with E-state index in [-0.39, 0.29) is 6.10 Å². The highest BCUT2D eigenvalue weighted by Gasteiger charge is 2.11. The molecule has 0 aliphatic rings. The average molecular weight is 328 g/mol. The Morgan fingerprint density at radius 2 is 2.00 bits per heavy atom. The third-order valence-electron chi connectivity index (χ3n) is 3.18. The lowest BCUT2D eigenvalue weighted by molar-refractivity contribution is 0.0511. The zero-order valence-corrected chi connectivity index (χ0v) is 13.7. The molecular formula is C16H26BrNO. The van der Waals surface area contributed by atoms with Crippen LogP contribution in [0.3, 0.4) is 0 Å². The number of benzene rings is 1. The molecule has 0 aromatic heterocycles. The molecule has 0 amide bonds. The van der Waals surface area contributed by atoms with E-state index < -0.39 is 0 Å². The highest BCUT2D eigenvalue weighted by atomic mass is 79.9. The van der Waals surface area contributed by atoms with Crippen LogP contribution in [0.2, 0.25) is 0 Å². The second-order valence-corrected chi connectivity index (χ2v) is 5.80. The van der Waals surface area contributed by atoms with E-state index in [1.165, 1.54) is 31.2 Å². The first-order chi connectivity index (χ1) is 9.27. The number of unbranched alkanes of at least 4 members (excludes halogenated alkanes) is 4. The summed E-state index contributed by atoms with van der Waals surface area (Å²) in [6.45, 7) is 3.95. The van der Waals surface area contributed by atoms with Crippen molar-refractivity contribution in [1.82, 2.24) is 5.32 Å². The molecule has 1 aromatic rings. The van der Waals surface area contributed by atoms with E-state index in [1.807, 2.05) is 13.1 Å². The van der Waals surface area contributed by atoms with E-state index in [2.05, 4.69) is 46.4 Å². The first-order valence-corrected chi connectivity index (χ1v) is 8.09. The summed E-state index contributed by atoms with van der Waals surface area (Å²) >= 11 is 3.52. The number of halogens is 1. The van der Waals surface area contributed by atoms with E-state index in [4.69, 9.17) is 4.74 Å². The predicted molar refractivity (Wildman–Crippen MR) is 85.5 cm³/mol. The first kappa shape index (κ1) is 16.7. The molecule has 0 aliphatic heterocycles. The Labute approximate surface area is 126 Å². The van der Waals surface area contributed by atoms with Crippen molar-refractivity contribution in [2.24, 2.45) is 0 Å². The Bertz CT molecular complexity index is 343. The van der Waals surface area contributed by atoms with Crippen molar-refractivity contribution < 1.29 is 4.74 Å². The molecule has 108 valence electrons. The van der Waals surface area contributed by atoms with Gasteiger partial charge in [-0.05, 0) is 31.2 Å². The van der Waals surface area contributed by atoms with Gasteiger partial charge >= 0.3 is 0 Å². The lowest BCUT2D eigenvalue weighted by Gasteiger charge is -2.18. The maximum atomic E-state index is 6.02. The summed E-state index contributed by atoms with van der Waals surface area (Å²) in [5.41, 5.74) is 1.23. The summed E-state index contributed by atoms with van der Waals surface area (Å²) < 4.78 is 7.13. The normalized spacial score (nSPS) is 12.6. The van der Waals surface area contributed by atoms with Crippen LogP contribution in [0.4, 0.5) is 0 Å². The number of nitrogens with one attached hydrogen (secondary N) is 1. The van der Waals surface area contributed by atoms with Gasteiger partial charge in [0.25, 0.3) is 0 Å². The number of likely N-dealkylation sites (N-methyl/N-ethyl adjacent to an activating group) is 1. The van der Waals surface area contributed by atoms with Crippen molar-refractivity contribution in [2.45, 2.75) is 45.1 Å². The van der Waals surface area contributed by atoms with Crippen molar-refractivity contribution >= 4 is 15.9 Å². The first-order valence-electron chi connectivity index (χ1n) is 7.29. The van der Waals surface area contributed by atoms with Gasteiger partial charge in [0.2, 0.25) is 0 Å². The molecule has 0 saturated heterocycles. The molecule has 1 atom stereocenters. The molecule has 0 saturated carbocycles. The largest absolute Gasteiger partial charge is 0.372 e. The van der Waals surface area contributed by atoms with Gasteiger partial charge in [-0.1, -0.05) is 60.7 Å². The van der Waals surface area contributed by atoms with Crippen molar-refractivity contribution in [1.29, 1.82) is 0 Å². The molecule has 0 spiro atoms. The Morgan fingerprint density at radius 1 is 1.21 bits per heavy atom. The van der Waals surface area contributed by atoms with Gasteiger partial charge < -0.3 is 10.1 Å². The number of hydrogen-bond acceptors (Lipinski definition) is 2. The van der Waals surface area contributed by atoms with Gasteiger partial charge in [0.15, 0.2) is 0 Å². The Balaban J connectivity index is 2.36. The molecule has 0 aliphatic carbocycles. The topological polar surface area (TPSA) is 21.3 Å². The fourth-order valence-corrected chi connectivity index (χ4v) is 2.51. The fourth-order valence-electron chi connectivity index (χ4n) is 2.10. The fraction of sp³-hybridized carbons (Fsp3) is 0.625. The second-order valence-electron chi connectivity index (χ2n) is 4.89. The lowest BCUT2D eigenvalue weighted by Crippen LogP contribution is -2.20. The summed E-state index contributed by atoms with van der Waals surface area (Å²) in [5.74, 6) is 0. The minimum absolute atomic E-state index is 0.147. The van der Waals surface area contributed by atoms with Gasteiger partial charge in [-0.15, -0.1) is 0 Å². The summed E-state index contributed by atoms with van der Waals surface area (Å²) in [6, 6.07) is 8.38. The second kappa shape index (κ2) is 10.4. The molecule has 0 fully saturated rings. The van der Waals surface area contributed by atoms with Crippen LogP contribution in [-0.4, -0.2) is 20.2 Å².